The van der Waals surface area contributed by atoms with Gasteiger partial charge in [-0.25, -0.2) is 0 Å². The van der Waals surface area contributed by atoms with Crippen molar-refractivity contribution < 1.29 is 38.5 Å². The lowest BCUT2D eigenvalue weighted by molar-refractivity contribution is -0.163. The van der Waals surface area contributed by atoms with E-state index in [1.165, 1.54) is 12.0 Å². The molecule has 3 aromatic rings. The zero-order valence-electron chi connectivity index (χ0n) is 32.5. The molecule has 3 heterocycles. The summed E-state index contributed by atoms with van der Waals surface area (Å²) in [6.07, 6.45) is 3.37. The summed E-state index contributed by atoms with van der Waals surface area (Å²) in [5, 5.41) is 14.0. The summed E-state index contributed by atoms with van der Waals surface area (Å²) < 4.78 is 18.7. The highest BCUT2D eigenvalue weighted by molar-refractivity contribution is 6.05. The van der Waals surface area contributed by atoms with E-state index in [2.05, 4.69) is 18.5 Å². The highest BCUT2D eigenvalue weighted by atomic mass is 16.6. The number of hydrogen-bond donors (Lipinski definition) is 2. The number of hydrogen-bond acceptors (Lipinski definition) is 8. The summed E-state index contributed by atoms with van der Waals surface area (Å²) in [6, 6.07) is 21.7. The van der Waals surface area contributed by atoms with E-state index >= 15 is 9.59 Å². The topological polar surface area (TPSA) is 135 Å². The monoisotopic (exact) mass is 763 g/mol. The van der Waals surface area contributed by atoms with Crippen LogP contribution in [-0.2, 0) is 39.8 Å². The molecule has 0 aliphatic carbocycles. The summed E-state index contributed by atoms with van der Waals surface area (Å²) in [5.74, 6) is -3.84. The van der Waals surface area contributed by atoms with E-state index in [0.29, 0.717) is 30.5 Å². The van der Waals surface area contributed by atoms with Gasteiger partial charge in [-0.05, 0) is 67.9 Å². The Morgan fingerprint density at radius 2 is 1.77 bits per heavy atom. The minimum absolute atomic E-state index is 0.0447. The Morgan fingerprint density at radius 3 is 2.43 bits per heavy atom. The van der Waals surface area contributed by atoms with Crippen molar-refractivity contribution in [2.45, 2.75) is 81.9 Å². The van der Waals surface area contributed by atoms with Gasteiger partial charge in [0.2, 0.25) is 11.8 Å². The number of anilines is 1. The number of carbonyl (C=O) groups excluding carboxylic acids is 4. The van der Waals surface area contributed by atoms with Gasteiger partial charge >= 0.3 is 5.97 Å². The maximum absolute atomic E-state index is 15.3. The molecule has 2 bridgehead atoms. The standard InChI is InChI=1S/C45H53N3O8/c1-6-8-19-37(50)46-34(28-54-5)40(32-17-13-10-14-18-32)55-44(53)38-36-22-23-45(56-36)39(38)42(51)48(33(27-49)26-31-15-11-9-12-16-31)41(45)43(52)47(24-7-2)35-25-29(3)20-21-30(35)4/h6-7,9-18,20-21,25,33-34,36,38-41,49H,1-2,8,19,22-24,26-28H2,3-5H3,(H,46,50)/t33-,34+,36-,38+,39+,40+,41-,45+/m1/s1. The fraction of sp³-hybridized carbons (Fsp3) is 0.422. The molecular formula is C45H53N3O8. The van der Waals surface area contributed by atoms with Crippen LogP contribution in [0.5, 0.6) is 0 Å². The maximum Gasteiger partial charge on any atom is 0.313 e. The number of nitrogens with one attached hydrogen (secondary N) is 1. The highest BCUT2D eigenvalue weighted by Gasteiger charge is 2.76. The van der Waals surface area contributed by atoms with Gasteiger partial charge in [-0.1, -0.05) is 84.9 Å². The Hall–Kier alpha value is -5.10. The van der Waals surface area contributed by atoms with E-state index in [-0.39, 0.29) is 37.8 Å². The van der Waals surface area contributed by atoms with Crippen molar-refractivity contribution in [1.29, 1.82) is 0 Å². The van der Waals surface area contributed by atoms with Crippen LogP contribution in [0.25, 0.3) is 0 Å². The van der Waals surface area contributed by atoms with Crippen molar-refractivity contribution in [2.24, 2.45) is 11.8 Å². The average molecular weight is 764 g/mol. The molecule has 11 nitrogen and oxygen atoms in total. The van der Waals surface area contributed by atoms with Crippen LogP contribution in [0.2, 0.25) is 0 Å². The van der Waals surface area contributed by atoms with Crippen LogP contribution in [-0.4, -0.2) is 90.4 Å². The first-order valence-electron chi connectivity index (χ1n) is 19.4. The molecule has 0 aromatic heterocycles. The number of carbonyl (C=O) groups is 4. The van der Waals surface area contributed by atoms with Crippen molar-refractivity contribution in [2.75, 3.05) is 31.8 Å². The van der Waals surface area contributed by atoms with Crippen molar-refractivity contribution in [3.63, 3.8) is 0 Å². The number of benzene rings is 3. The van der Waals surface area contributed by atoms with Crippen LogP contribution < -0.4 is 10.2 Å². The van der Waals surface area contributed by atoms with Crippen LogP contribution in [0.15, 0.2) is 104 Å². The number of amides is 3. The molecule has 3 saturated heterocycles. The van der Waals surface area contributed by atoms with E-state index in [4.69, 9.17) is 14.2 Å². The molecule has 56 heavy (non-hydrogen) atoms. The molecule has 2 N–H and O–H groups in total. The summed E-state index contributed by atoms with van der Waals surface area (Å²) in [5.41, 5.74) is 2.65. The number of rotatable bonds is 18. The van der Waals surface area contributed by atoms with Gasteiger partial charge in [0.05, 0.1) is 43.2 Å². The zero-order valence-corrected chi connectivity index (χ0v) is 32.5. The van der Waals surface area contributed by atoms with Gasteiger partial charge in [0.1, 0.15) is 17.7 Å². The predicted molar refractivity (Wildman–Crippen MR) is 212 cm³/mol. The van der Waals surface area contributed by atoms with Crippen LogP contribution in [0, 0.1) is 25.7 Å². The van der Waals surface area contributed by atoms with Crippen molar-refractivity contribution in [3.8, 4) is 0 Å². The number of nitrogens with zero attached hydrogens (tertiary/aromatic N) is 2. The van der Waals surface area contributed by atoms with Gasteiger partial charge in [-0.2, -0.15) is 0 Å². The number of likely N-dealkylation sites (tertiary alicyclic amines) is 1. The molecular weight excluding hydrogens is 711 g/mol. The summed E-state index contributed by atoms with van der Waals surface area (Å²) in [6.45, 7) is 11.3. The number of fused-ring (bicyclic) bond motifs is 1. The number of aliphatic hydroxyl groups is 1. The zero-order chi connectivity index (χ0) is 40.0. The maximum atomic E-state index is 15.3. The molecule has 8 atom stereocenters. The molecule has 0 saturated carbocycles. The second-order valence-corrected chi connectivity index (χ2v) is 15.1. The van der Waals surface area contributed by atoms with Crippen molar-refractivity contribution >= 4 is 29.4 Å². The van der Waals surface area contributed by atoms with Crippen LogP contribution in [0.1, 0.15) is 54.0 Å². The smallest absolute Gasteiger partial charge is 0.313 e. The van der Waals surface area contributed by atoms with E-state index in [1.54, 1.807) is 17.1 Å². The van der Waals surface area contributed by atoms with E-state index in [1.807, 2.05) is 92.7 Å². The van der Waals surface area contributed by atoms with Crippen molar-refractivity contribution in [1.82, 2.24) is 10.2 Å². The van der Waals surface area contributed by atoms with Gasteiger partial charge in [0.15, 0.2) is 0 Å². The van der Waals surface area contributed by atoms with Gasteiger partial charge in [-0.3, -0.25) is 19.2 Å². The summed E-state index contributed by atoms with van der Waals surface area (Å²) in [4.78, 5) is 61.2. The fourth-order valence-corrected chi connectivity index (χ4v) is 8.89. The molecule has 3 aromatic carbocycles. The number of methoxy groups -OCH3 is 1. The fourth-order valence-electron chi connectivity index (χ4n) is 8.89. The lowest BCUT2D eigenvalue weighted by Crippen LogP contribution is -2.59. The number of allylic oxidation sites excluding steroid dienone is 1. The molecule has 3 fully saturated rings. The molecule has 11 heteroatoms. The third-order valence-corrected chi connectivity index (χ3v) is 11.4. The normalized spacial score (nSPS) is 23.9. The lowest BCUT2D eigenvalue weighted by atomic mass is 9.70. The third-order valence-electron chi connectivity index (χ3n) is 11.4. The Labute approximate surface area is 329 Å². The Balaban J connectivity index is 1.40. The van der Waals surface area contributed by atoms with E-state index < -0.39 is 66.3 Å². The minimum Gasteiger partial charge on any atom is -0.455 e. The molecule has 6 rings (SSSR count). The van der Waals surface area contributed by atoms with Crippen LogP contribution in [0.4, 0.5) is 5.69 Å². The largest absolute Gasteiger partial charge is 0.455 e. The Kier molecular flexibility index (Phi) is 12.9. The number of esters is 1. The molecule has 3 amide bonds. The first kappa shape index (κ1) is 40.6. The van der Waals surface area contributed by atoms with Crippen LogP contribution >= 0.6 is 0 Å². The number of ether oxygens (including phenoxy) is 3. The summed E-state index contributed by atoms with van der Waals surface area (Å²) in [7, 11) is 1.50. The second-order valence-electron chi connectivity index (χ2n) is 15.1. The van der Waals surface area contributed by atoms with Gasteiger partial charge in [0.25, 0.3) is 5.91 Å². The van der Waals surface area contributed by atoms with Gasteiger partial charge in [-0.15, -0.1) is 13.2 Å². The Morgan fingerprint density at radius 1 is 1.05 bits per heavy atom. The van der Waals surface area contributed by atoms with E-state index in [0.717, 1.165) is 16.7 Å². The first-order chi connectivity index (χ1) is 27.1. The average Bonchev–Trinajstić information content (AvgIpc) is 3.86. The predicted octanol–water partition coefficient (Wildman–Crippen LogP) is 5.18. The summed E-state index contributed by atoms with van der Waals surface area (Å²) >= 11 is 0. The van der Waals surface area contributed by atoms with Crippen molar-refractivity contribution in [3.05, 3.63) is 126 Å². The first-order valence-corrected chi connectivity index (χ1v) is 19.4. The lowest BCUT2D eigenvalue weighted by Gasteiger charge is -2.39. The Bertz CT molecular complexity index is 1900. The second kappa shape index (κ2) is 17.8. The van der Waals surface area contributed by atoms with Gasteiger partial charge < -0.3 is 34.4 Å². The molecule has 1 spiro atoms. The molecule has 3 aliphatic rings. The number of aryl methyl sites for hydroxylation is 2. The minimum atomic E-state index is -1.36. The van der Waals surface area contributed by atoms with Crippen LogP contribution in [0.3, 0.4) is 0 Å². The van der Waals surface area contributed by atoms with E-state index in [9.17, 15) is 14.7 Å². The SMILES string of the molecule is C=CCCC(=O)N[C@@H](COC)[C@@H](OC(=O)[C@@H]1[C@H]2C(=O)N([C@@H](CO)Cc3ccccc3)[C@H](C(=O)N(CC=C)c3cc(C)ccc3C)[C@]23CC[C@H]1O3)c1ccccc1. The molecule has 3 aliphatic heterocycles. The van der Waals surface area contributed by atoms with Gasteiger partial charge in [0, 0.05) is 25.8 Å². The molecule has 0 unspecified atom stereocenters. The molecule has 296 valence electrons. The highest BCUT2D eigenvalue weighted by Crippen LogP contribution is 2.59. The quantitative estimate of drug-likeness (QED) is 0.134. The molecule has 0 radical (unpaired) electrons. The number of aliphatic hydroxyl groups excluding tert-OH is 1. The third kappa shape index (κ3) is 7.94.